The van der Waals surface area contributed by atoms with E-state index < -0.39 is 0 Å². The van der Waals surface area contributed by atoms with Crippen molar-refractivity contribution in [1.82, 2.24) is 15.1 Å². The number of carbonyl (C=O) groups excluding carboxylic acids is 1. The van der Waals surface area contributed by atoms with E-state index in [1.54, 1.807) is 24.4 Å². The molecule has 6 heteroatoms. The van der Waals surface area contributed by atoms with Crippen molar-refractivity contribution in [3.8, 4) is 18.0 Å². The Morgan fingerprint density at radius 1 is 1.47 bits per heavy atom. The van der Waals surface area contributed by atoms with Crippen LogP contribution < -0.4 is 5.32 Å². The van der Waals surface area contributed by atoms with Gasteiger partial charge in [-0.15, -0.1) is 6.42 Å². The molecule has 1 aromatic heterocycles. The van der Waals surface area contributed by atoms with Crippen LogP contribution in [-0.2, 0) is 0 Å². The summed E-state index contributed by atoms with van der Waals surface area (Å²) in [7, 11) is 0. The van der Waals surface area contributed by atoms with Gasteiger partial charge in [-0.05, 0) is 18.2 Å². The standard InChI is InChI=1S/C13H9Cl2N3O/c1-2-5-16-13(19)9-7-17-18(8-9)12-4-3-10(14)6-11(12)15/h1,3-4,6-8H,5H2,(H,16,19). The van der Waals surface area contributed by atoms with Crippen LogP contribution in [0.25, 0.3) is 5.69 Å². The molecule has 0 bridgehead atoms. The van der Waals surface area contributed by atoms with Gasteiger partial charge < -0.3 is 5.32 Å². The minimum Gasteiger partial charge on any atom is -0.341 e. The van der Waals surface area contributed by atoms with E-state index in [2.05, 4.69) is 16.3 Å². The zero-order valence-electron chi connectivity index (χ0n) is 9.73. The highest BCUT2D eigenvalue weighted by molar-refractivity contribution is 6.35. The Bertz CT molecular complexity index is 658. The van der Waals surface area contributed by atoms with Crippen LogP contribution in [0, 0.1) is 12.3 Å². The SMILES string of the molecule is C#CCNC(=O)c1cnn(-c2ccc(Cl)cc2Cl)c1. The Labute approximate surface area is 120 Å². The fourth-order valence-electron chi connectivity index (χ4n) is 1.47. The summed E-state index contributed by atoms with van der Waals surface area (Å²) < 4.78 is 1.50. The predicted octanol–water partition coefficient (Wildman–Crippen LogP) is 2.54. The number of amides is 1. The zero-order chi connectivity index (χ0) is 13.8. The van der Waals surface area contributed by atoms with Crippen molar-refractivity contribution in [1.29, 1.82) is 0 Å². The Morgan fingerprint density at radius 3 is 2.95 bits per heavy atom. The molecule has 4 nitrogen and oxygen atoms in total. The second-order valence-electron chi connectivity index (χ2n) is 3.66. The lowest BCUT2D eigenvalue weighted by Gasteiger charge is -2.04. The third kappa shape index (κ3) is 3.08. The maximum Gasteiger partial charge on any atom is 0.255 e. The van der Waals surface area contributed by atoms with Crippen LogP contribution in [0.4, 0.5) is 0 Å². The van der Waals surface area contributed by atoms with Crippen molar-refractivity contribution in [3.63, 3.8) is 0 Å². The van der Waals surface area contributed by atoms with E-state index in [-0.39, 0.29) is 12.5 Å². The zero-order valence-corrected chi connectivity index (χ0v) is 11.2. The summed E-state index contributed by atoms with van der Waals surface area (Å²) in [5.74, 6) is 2.04. The molecular weight excluding hydrogens is 285 g/mol. The maximum atomic E-state index is 11.7. The topological polar surface area (TPSA) is 46.9 Å². The van der Waals surface area contributed by atoms with Crippen molar-refractivity contribution >= 4 is 29.1 Å². The van der Waals surface area contributed by atoms with Gasteiger partial charge in [0, 0.05) is 11.2 Å². The highest BCUT2D eigenvalue weighted by atomic mass is 35.5. The van der Waals surface area contributed by atoms with Gasteiger partial charge in [0.05, 0.1) is 29.0 Å². The van der Waals surface area contributed by atoms with Crippen LogP contribution in [-0.4, -0.2) is 22.2 Å². The largest absolute Gasteiger partial charge is 0.341 e. The Kier molecular flexibility index (Phi) is 4.10. The molecule has 96 valence electrons. The Balaban J connectivity index is 2.26. The molecule has 0 atom stereocenters. The minimum atomic E-state index is -0.283. The smallest absolute Gasteiger partial charge is 0.255 e. The number of nitrogens with zero attached hydrogens (tertiary/aromatic N) is 2. The molecule has 0 spiro atoms. The monoisotopic (exact) mass is 293 g/mol. The highest BCUT2D eigenvalue weighted by Gasteiger charge is 2.10. The molecule has 0 unspecified atom stereocenters. The minimum absolute atomic E-state index is 0.172. The summed E-state index contributed by atoms with van der Waals surface area (Å²) >= 11 is 11.9. The second-order valence-corrected chi connectivity index (χ2v) is 4.50. The number of hydrogen-bond donors (Lipinski definition) is 1. The Morgan fingerprint density at radius 2 is 2.26 bits per heavy atom. The van der Waals surface area contributed by atoms with E-state index in [0.29, 0.717) is 21.3 Å². The van der Waals surface area contributed by atoms with E-state index >= 15 is 0 Å². The van der Waals surface area contributed by atoms with Crippen molar-refractivity contribution in [3.05, 3.63) is 46.2 Å². The van der Waals surface area contributed by atoms with Crippen LogP contribution in [0.5, 0.6) is 0 Å². The summed E-state index contributed by atoms with van der Waals surface area (Å²) in [6.07, 6.45) is 8.08. The molecule has 0 aliphatic rings. The van der Waals surface area contributed by atoms with Crippen molar-refractivity contribution < 1.29 is 4.79 Å². The van der Waals surface area contributed by atoms with Gasteiger partial charge >= 0.3 is 0 Å². The van der Waals surface area contributed by atoms with Gasteiger partial charge in [-0.1, -0.05) is 29.1 Å². The van der Waals surface area contributed by atoms with Gasteiger partial charge in [0.1, 0.15) is 0 Å². The van der Waals surface area contributed by atoms with E-state index in [4.69, 9.17) is 29.6 Å². The van der Waals surface area contributed by atoms with Gasteiger partial charge in [-0.25, -0.2) is 4.68 Å². The van der Waals surface area contributed by atoms with Gasteiger partial charge in [-0.2, -0.15) is 5.10 Å². The molecule has 1 aromatic carbocycles. The molecule has 2 aromatic rings. The first kappa shape index (κ1) is 13.5. The number of aromatic nitrogens is 2. The van der Waals surface area contributed by atoms with Crippen molar-refractivity contribution in [2.24, 2.45) is 0 Å². The quantitative estimate of drug-likeness (QED) is 0.884. The van der Waals surface area contributed by atoms with Gasteiger partial charge in [-0.3, -0.25) is 4.79 Å². The molecule has 0 saturated carbocycles. The maximum absolute atomic E-state index is 11.7. The van der Waals surface area contributed by atoms with E-state index in [1.165, 1.54) is 10.9 Å². The van der Waals surface area contributed by atoms with Gasteiger partial charge in [0.25, 0.3) is 5.91 Å². The van der Waals surface area contributed by atoms with Crippen LogP contribution in [0.2, 0.25) is 10.0 Å². The van der Waals surface area contributed by atoms with E-state index in [9.17, 15) is 4.79 Å². The molecule has 1 N–H and O–H groups in total. The van der Waals surface area contributed by atoms with Crippen LogP contribution in [0.1, 0.15) is 10.4 Å². The van der Waals surface area contributed by atoms with Crippen molar-refractivity contribution in [2.75, 3.05) is 6.54 Å². The molecule has 0 saturated heterocycles. The second kappa shape index (κ2) is 5.79. The molecule has 0 aliphatic heterocycles. The first-order chi connectivity index (χ1) is 9.11. The van der Waals surface area contributed by atoms with Crippen LogP contribution >= 0.6 is 23.2 Å². The first-order valence-electron chi connectivity index (χ1n) is 5.33. The first-order valence-corrected chi connectivity index (χ1v) is 6.09. The number of halogens is 2. The summed E-state index contributed by atoms with van der Waals surface area (Å²) in [5.41, 5.74) is 1.04. The summed E-state index contributed by atoms with van der Waals surface area (Å²) in [4.78, 5) is 11.7. The number of benzene rings is 1. The highest BCUT2D eigenvalue weighted by Crippen LogP contribution is 2.23. The third-order valence-corrected chi connectivity index (χ3v) is 2.89. The molecule has 19 heavy (non-hydrogen) atoms. The summed E-state index contributed by atoms with van der Waals surface area (Å²) in [6.45, 7) is 0.172. The predicted molar refractivity (Wildman–Crippen MR) is 74.8 cm³/mol. The summed E-state index contributed by atoms with van der Waals surface area (Å²) in [5, 5.41) is 7.62. The number of rotatable bonds is 3. The van der Waals surface area contributed by atoms with Gasteiger partial charge in [0.2, 0.25) is 0 Å². The fraction of sp³-hybridized carbons (Fsp3) is 0.0769. The molecule has 0 fully saturated rings. The molecule has 2 rings (SSSR count). The van der Waals surface area contributed by atoms with Crippen LogP contribution in [0.3, 0.4) is 0 Å². The Hall–Kier alpha value is -1.96. The third-order valence-electron chi connectivity index (χ3n) is 2.35. The number of terminal acetylenes is 1. The lowest BCUT2D eigenvalue weighted by Crippen LogP contribution is -2.22. The number of hydrogen-bond acceptors (Lipinski definition) is 2. The van der Waals surface area contributed by atoms with E-state index in [1.807, 2.05) is 0 Å². The number of carbonyl (C=O) groups is 1. The number of nitrogens with one attached hydrogen (secondary N) is 1. The summed E-state index contributed by atoms with van der Waals surface area (Å²) in [6, 6.07) is 5.03. The molecule has 1 heterocycles. The van der Waals surface area contributed by atoms with Gasteiger partial charge in [0.15, 0.2) is 0 Å². The lowest BCUT2D eigenvalue weighted by atomic mass is 10.3. The molecule has 0 radical (unpaired) electrons. The fourth-order valence-corrected chi connectivity index (χ4v) is 1.97. The van der Waals surface area contributed by atoms with E-state index in [0.717, 1.165) is 0 Å². The lowest BCUT2D eigenvalue weighted by molar-refractivity contribution is 0.0958. The average Bonchev–Trinajstić information content (AvgIpc) is 2.85. The van der Waals surface area contributed by atoms with Crippen molar-refractivity contribution in [2.45, 2.75) is 0 Å². The molecule has 1 amide bonds. The molecular formula is C13H9Cl2N3O. The van der Waals surface area contributed by atoms with Crippen LogP contribution in [0.15, 0.2) is 30.6 Å². The average molecular weight is 294 g/mol. The normalized spacial score (nSPS) is 9.95. The molecule has 0 aliphatic carbocycles.